The first-order valence-corrected chi connectivity index (χ1v) is 7.30. The van der Waals surface area contributed by atoms with Crippen LogP contribution >= 0.6 is 12.2 Å². The van der Waals surface area contributed by atoms with Gasteiger partial charge in [0.05, 0.1) is 0 Å². The first kappa shape index (κ1) is 13.1. The van der Waals surface area contributed by atoms with E-state index in [2.05, 4.69) is 35.9 Å². The number of thiocarbonyl (C=S) groups is 1. The number of rotatable bonds is 1. The summed E-state index contributed by atoms with van der Waals surface area (Å²) in [5.74, 6) is 0. The Morgan fingerprint density at radius 1 is 1.29 bits per heavy atom. The van der Waals surface area contributed by atoms with E-state index in [4.69, 9.17) is 12.2 Å². The van der Waals surface area contributed by atoms with Crippen molar-refractivity contribution in [1.29, 1.82) is 0 Å². The summed E-state index contributed by atoms with van der Waals surface area (Å²) >= 11 is 5.52. The van der Waals surface area contributed by atoms with E-state index in [1.165, 1.54) is 32.4 Å². The standard InChI is InChI=1S/C13H25N3S/c1-10(2)14-13(17)16-9-12-6-4-5-7-15(12)8-11(16)3/h10-12H,4-9H2,1-3H3,(H,14,17). The summed E-state index contributed by atoms with van der Waals surface area (Å²) in [4.78, 5) is 5.05. The first-order valence-electron chi connectivity index (χ1n) is 6.89. The Bertz CT molecular complexity index is 280. The minimum Gasteiger partial charge on any atom is -0.360 e. The van der Waals surface area contributed by atoms with Crippen LogP contribution in [0.2, 0.25) is 0 Å². The average Bonchev–Trinajstić information content (AvgIpc) is 2.27. The van der Waals surface area contributed by atoms with Crippen LogP contribution in [0.15, 0.2) is 0 Å². The number of piperazine rings is 1. The van der Waals surface area contributed by atoms with E-state index in [0.717, 1.165) is 17.7 Å². The Hall–Kier alpha value is -0.350. The number of nitrogens with zero attached hydrogens (tertiary/aromatic N) is 2. The Labute approximate surface area is 111 Å². The average molecular weight is 255 g/mol. The van der Waals surface area contributed by atoms with E-state index < -0.39 is 0 Å². The molecule has 0 aromatic rings. The highest BCUT2D eigenvalue weighted by molar-refractivity contribution is 7.80. The lowest BCUT2D eigenvalue weighted by atomic mass is 9.97. The minimum atomic E-state index is 0.430. The molecule has 2 unspecified atom stereocenters. The molecular formula is C13H25N3S. The molecule has 0 aliphatic carbocycles. The van der Waals surface area contributed by atoms with Crippen molar-refractivity contribution in [3.05, 3.63) is 0 Å². The van der Waals surface area contributed by atoms with Gasteiger partial charge < -0.3 is 10.2 Å². The van der Waals surface area contributed by atoms with Crippen molar-refractivity contribution in [2.75, 3.05) is 19.6 Å². The lowest BCUT2D eigenvalue weighted by Crippen LogP contribution is -2.62. The summed E-state index contributed by atoms with van der Waals surface area (Å²) in [5, 5.41) is 4.32. The molecule has 2 aliphatic heterocycles. The van der Waals surface area contributed by atoms with Gasteiger partial charge in [0.15, 0.2) is 5.11 Å². The highest BCUT2D eigenvalue weighted by atomic mass is 32.1. The van der Waals surface area contributed by atoms with Crippen molar-refractivity contribution in [2.45, 2.75) is 58.2 Å². The summed E-state index contributed by atoms with van der Waals surface area (Å²) < 4.78 is 0. The minimum absolute atomic E-state index is 0.430. The summed E-state index contributed by atoms with van der Waals surface area (Å²) in [6.07, 6.45) is 4.10. The molecule has 17 heavy (non-hydrogen) atoms. The van der Waals surface area contributed by atoms with Gasteiger partial charge in [-0.15, -0.1) is 0 Å². The smallest absolute Gasteiger partial charge is 0.169 e. The molecule has 2 fully saturated rings. The zero-order valence-electron chi connectivity index (χ0n) is 11.3. The van der Waals surface area contributed by atoms with E-state index in [0.29, 0.717) is 12.1 Å². The first-order chi connectivity index (χ1) is 8.08. The van der Waals surface area contributed by atoms with E-state index in [1.807, 2.05) is 0 Å². The third-order valence-corrected chi connectivity index (χ3v) is 4.21. The molecule has 0 bridgehead atoms. The summed E-state index contributed by atoms with van der Waals surface area (Å²) in [6.45, 7) is 10.2. The van der Waals surface area contributed by atoms with Gasteiger partial charge in [-0.25, -0.2) is 0 Å². The van der Waals surface area contributed by atoms with Gasteiger partial charge in [-0.1, -0.05) is 6.42 Å². The summed E-state index contributed by atoms with van der Waals surface area (Å²) in [6, 6.07) is 1.70. The van der Waals surface area contributed by atoms with Crippen molar-refractivity contribution in [2.24, 2.45) is 0 Å². The maximum absolute atomic E-state index is 5.52. The van der Waals surface area contributed by atoms with Gasteiger partial charge in [-0.3, -0.25) is 4.90 Å². The predicted molar refractivity (Wildman–Crippen MR) is 76.2 cm³/mol. The van der Waals surface area contributed by atoms with E-state index >= 15 is 0 Å². The molecule has 2 heterocycles. The second-order valence-corrected chi connectivity index (χ2v) is 6.14. The third kappa shape index (κ3) is 3.10. The van der Waals surface area contributed by atoms with Crippen LogP contribution in [-0.4, -0.2) is 52.7 Å². The number of nitrogens with one attached hydrogen (secondary N) is 1. The van der Waals surface area contributed by atoms with Crippen LogP contribution < -0.4 is 5.32 Å². The molecule has 0 amide bonds. The Balaban J connectivity index is 1.96. The predicted octanol–water partition coefficient (Wildman–Crippen LogP) is 1.83. The fourth-order valence-electron chi connectivity index (χ4n) is 2.96. The van der Waals surface area contributed by atoms with Gasteiger partial charge in [-0.05, 0) is 52.4 Å². The van der Waals surface area contributed by atoms with Crippen molar-refractivity contribution in [3.8, 4) is 0 Å². The van der Waals surface area contributed by atoms with Crippen molar-refractivity contribution in [3.63, 3.8) is 0 Å². The molecular weight excluding hydrogens is 230 g/mol. The van der Waals surface area contributed by atoms with Crippen molar-refractivity contribution >= 4 is 17.3 Å². The van der Waals surface area contributed by atoms with Crippen molar-refractivity contribution in [1.82, 2.24) is 15.1 Å². The molecule has 3 nitrogen and oxygen atoms in total. The third-order valence-electron chi connectivity index (χ3n) is 3.86. The highest BCUT2D eigenvalue weighted by Gasteiger charge is 2.33. The number of hydrogen-bond donors (Lipinski definition) is 1. The normalized spacial score (nSPS) is 30.2. The van der Waals surface area contributed by atoms with Gasteiger partial charge in [0, 0.05) is 31.2 Å². The fraction of sp³-hybridized carbons (Fsp3) is 0.923. The van der Waals surface area contributed by atoms with Crippen LogP contribution in [0.25, 0.3) is 0 Å². The maximum Gasteiger partial charge on any atom is 0.169 e. The SMILES string of the molecule is CC(C)NC(=S)N1CC2CCCCN2CC1C. The maximum atomic E-state index is 5.52. The Morgan fingerprint density at radius 3 is 2.76 bits per heavy atom. The van der Waals surface area contributed by atoms with E-state index in [1.54, 1.807) is 0 Å². The Kier molecular flexibility index (Phi) is 4.26. The fourth-order valence-corrected chi connectivity index (χ4v) is 3.46. The molecule has 98 valence electrons. The van der Waals surface area contributed by atoms with Crippen LogP contribution in [0.5, 0.6) is 0 Å². The zero-order chi connectivity index (χ0) is 12.4. The largest absolute Gasteiger partial charge is 0.360 e. The van der Waals surface area contributed by atoms with Crippen LogP contribution in [0.1, 0.15) is 40.0 Å². The van der Waals surface area contributed by atoms with Gasteiger partial charge in [0.1, 0.15) is 0 Å². The van der Waals surface area contributed by atoms with Gasteiger partial charge in [0.25, 0.3) is 0 Å². The van der Waals surface area contributed by atoms with Crippen LogP contribution in [0, 0.1) is 0 Å². The molecule has 0 spiro atoms. The van der Waals surface area contributed by atoms with E-state index in [-0.39, 0.29) is 0 Å². The molecule has 0 saturated carbocycles. The van der Waals surface area contributed by atoms with Crippen LogP contribution in [0.3, 0.4) is 0 Å². The molecule has 0 aromatic heterocycles. The Morgan fingerprint density at radius 2 is 2.06 bits per heavy atom. The molecule has 2 saturated heterocycles. The summed E-state index contributed by atoms with van der Waals surface area (Å²) in [5.41, 5.74) is 0. The highest BCUT2D eigenvalue weighted by Crippen LogP contribution is 2.24. The zero-order valence-corrected chi connectivity index (χ0v) is 12.1. The lowest BCUT2D eigenvalue weighted by molar-refractivity contribution is 0.0497. The van der Waals surface area contributed by atoms with Gasteiger partial charge >= 0.3 is 0 Å². The van der Waals surface area contributed by atoms with Gasteiger partial charge in [-0.2, -0.15) is 0 Å². The van der Waals surface area contributed by atoms with Crippen LogP contribution in [0.4, 0.5) is 0 Å². The lowest BCUT2D eigenvalue weighted by Gasteiger charge is -2.48. The van der Waals surface area contributed by atoms with Crippen LogP contribution in [-0.2, 0) is 0 Å². The molecule has 0 aromatic carbocycles. The molecule has 0 radical (unpaired) electrons. The molecule has 1 N–H and O–H groups in total. The van der Waals surface area contributed by atoms with Crippen molar-refractivity contribution < 1.29 is 0 Å². The molecule has 4 heteroatoms. The number of hydrogen-bond acceptors (Lipinski definition) is 2. The monoisotopic (exact) mass is 255 g/mol. The summed E-state index contributed by atoms with van der Waals surface area (Å²) in [7, 11) is 0. The molecule has 2 aliphatic rings. The number of piperidine rings is 1. The second kappa shape index (κ2) is 5.53. The molecule has 2 rings (SSSR count). The second-order valence-electron chi connectivity index (χ2n) is 5.75. The van der Waals surface area contributed by atoms with E-state index in [9.17, 15) is 0 Å². The quantitative estimate of drug-likeness (QED) is 0.720. The van der Waals surface area contributed by atoms with Gasteiger partial charge in [0.2, 0.25) is 0 Å². The molecule has 2 atom stereocenters. The number of fused-ring (bicyclic) bond motifs is 1. The topological polar surface area (TPSA) is 18.5 Å².